The monoisotopic (exact) mass is 198 g/mol. The van der Waals surface area contributed by atoms with E-state index in [1.165, 1.54) is 0 Å². The van der Waals surface area contributed by atoms with E-state index >= 15 is 0 Å². The Morgan fingerprint density at radius 3 is 2.86 bits per heavy atom. The van der Waals surface area contributed by atoms with Crippen LogP contribution in [0.4, 0.5) is 0 Å². The molecule has 0 saturated heterocycles. The summed E-state index contributed by atoms with van der Waals surface area (Å²) in [6, 6.07) is 0.226. The largest absolute Gasteiger partial charge is 0.356 e. The number of nitrogens with two attached hydrogens (primary N) is 1. The molecule has 1 fully saturated rings. The third-order valence-corrected chi connectivity index (χ3v) is 3.12. The molecule has 0 aliphatic heterocycles. The van der Waals surface area contributed by atoms with Gasteiger partial charge in [0.05, 0.1) is 0 Å². The molecule has 0 spiro atoms. The average molecular weight is 198 g/mol. The molecule has 3 unspecified atom stereocenters. The van der Waals surface area contributed by atoms with Gasteiger partial charge in [-0.25, -0.2) is 0 Å². The lowest BCUT2D eigenvalue weighted by Gasteiger charge is -2.31. The van der Waals surface area contributed by atoms with E-state index in [4.69, 9.17) is 5.73 Å². The van der Waals surface area contributed by atoms with E-state index in [1.54, 1.807) is 0 Å². The Morgan fingerprint density at radius 2 is 2.21 bits per heavy atom. The quantitative estimate of drug-likeness (QED) is 0.717. The van der Waals surface area contributed by atoms with E-state index in [9.17, 15) is 4.79 Å². The van der Waals surface area contributed by atoms with Crippen LogP contribution in [0, 0.1) is 11.8 Å². The maximum atomic E-state index is 11.7. The van der Waals surface area contributed by atoms with Crippen LogP contribution in [0.5, 0.6) is 0 Å². The van der Waals surface area contributed by atoms with Crippen LogP contribution in [0.3, 0.4) is 0 Å². The first-order valence-corrected chi connectivity index (χ1v) is 5.68. The van der Waals surface area contributed by atoms with E-state index in [0.29, 0.717) is 5.92 Å². The first-order valence-electron chi connectivity index (χ1n) is 5.68. The van der Waals surface area contributed by atoms with E-state index in [-0.39, 0.29) is 17.9 Å². The molecule has 0 bridgehead atoms. The Kier molecular flexibility index (Phi) is 4.39. The lowest BCUT2D eigenvalue weighted by Crippen LogP contribution is -2.41. The second kappa shape index (κ2) is 5.35. The van der Waals surface area contributed by atoms with Gasteiger partial charge in [0.2, 0.25) is 5.91 Å². The summed E-state index contributed by atoms with van der Waals surface area (Å²) in [5, 5.41) is 2.96. The minimum Gasteiger partial charge on any atom is -0.356 e. The first-order chi connectivity index (χ1) is 6.65. The maximum Gasteiger partial charge on any atom is 0.223 e. The number of amides is 1. The zero-order valence-electron chi connectivity index (χ0n) is 9.25. The molecule has 1 aliphatic rings. The summed E-state index contributed by atoms with van der Waals surface area (Å²) >= 11 is 0. The fraction of sp³-hybridized carbons (Fsp3) is 0.909. The minimum absolute atomic E-state index is 0.144. The van der Waals surface area contributed by atoms with Gasteiger partial charge in [0.1, 0.15) is 0 Å². The molecule has 0 aromatic rings. The summed E-state index contributed by atoms with van der Waals surface area (Å²) in [5.74, 6) is 0.839. The van der Waals surface area contributed by atoms with Gasteiger partial charge in [-0.3, -0.25) is 4.79 Å². The molecule has 14 heavy (non-hydrogen) atoms. The highest BCUT2D eigenvalue weighted by atomic mass is 16.1. The van der Waals surface area contributed by atoms with Gasteiger partial charge in [0, 0.05) is 18.5 Å². The fourth-order valence-electron chi connectivity index (χ4n) is 2.10. The second-order valence-corrected chi connectivity index (χ2v) is 4.45. The van der Waals surface area contributed by atoms with Gasteiger partial charge in [-0.1, -0.05) is 13.8 Å². The van der Waals surface area contributed by atoms with Crippen molar-refractivity contribution in [1.82, 2.24) is 5.32 Å². The predicted octanol–water partition coefficient (Wildman–Crippen LogP) is 1.28. The van der Waals surface area contributed by atoms with Crippen molar-refractivity contribution in [3.63, 3.8) is 0 Å². The Labute approximate surface area is 86.4 Å². The summed E-state index contributed by atoms with van der Waals surface area (Å²) in [6.45, 7) is 5.01. The number of carbonyl (C=O) groups excluding carboxylic acids is 1. The van der Waals surface area contributed by atoms with Crippen LogP contribution in [0.15, 0.2) is 0 Å². The van der Waals surface area contributed by atoms with Crippen molar-refractivity contribution in [1.29, 1.82) is 0 Å². The lowest BCUT2D eigenvalue weighted by atomic mass is 9.78. The Bertz CT molecular complexity index is 194. The Hall–Kier alpha value is -0.570. The molecule has 3 heteroatoms. The third-order valence-electron chi connectivity index (χ3n) is 3.12. The molecule has 0 heterocycles. The van der Waals surface area contributed by atoms with Crippen molar-refractivity contribution in [2.24, 2.45) is 17.6 Å². The highest BCUT2D eigenvalue weighted by Crippen LogP contribution is 2.28. The summed E-state index contributed by atoms with van der Waals surface area (Å²) in [4.78, 5) is 11.7. The van der Waals surface area contributed by atoms with Crippen LogP contribution >= 0.6 is 0 Å². The van der Waals surface area contributed by atoms with Crippen LogP contribution in [0.25, 0.3) is 0 Å². The molecule has 3 nitrogen and oxygen atoms in total. The van der Waals surface area contributed by atoms with Crippen molar-refractivity contribution < 1.29 is 4.79 Å². The van der Waals surface area contributed by atoms with Crippen molar-refractivity contribution in [3.8, 4) is 0 Å². The van der Waals surface area contributed by atoms with Gasteiger partial charge in [0.25, 0.3) is 0 Å². The highest BCUT2D eigenvalue weighted by Gasteiger charge is 2.30. The molecule has 0 aromatic heterocycles. The van der Waals surface area contributed by atoms with Crippen molar-refractivity contribution in [3.05, 3.63) is 0 Å². The summed E-state index contributed by atoms with van der Waals surface area (Å²) in [6.07, 6.45) is 4.01. The van der Waals surface area contributed by atoms with Gasteiger partial charge in [-0.2, -0.15) is 0 Å². The zero-order chi connectivity index (χ0) is 10.6. The van der Waals surface area contributed by atoms with Gasteiger partial charge in [-0.15, -0.1) is 0 Å². The smallest absolute Gasteiger partial charge is 0.223 e. The average Bonchev–Trinajstić information content (AvgIpc) is 2.18. The summed E-state index contributed by atoms with van der Waals surface area (Å²) in [5.41, 5.74) is 5.87. The molecule has 82 valence electrons. The van der Waals surface area contributed by atoms with Crippen LogP contribution in [0.2, 0.25) is 0 Å². The van der Waals surface area contributed by atoms with E-state index in [0.717, 1.165) is 32.2 Å². The number of hydrogen-bond donors (Lipinski definition) is 2. The molecule has 0 aromatic carbocycles. The summed E-state index contributed by atoms with van der Waals surface area (Å²) < 4.78 is 0. The van der Waals surface area contributed by atoms with Gasteiger partial charge < -0.3 is 11.1 Å². The molecule has 0 radical (unpaired) electrons. The van der Waals surface area contributed by atoms with Crippen LogP contribution in [-0.4, -0.2) is 18.5 Å². The first kappa shape index (κ1) is 11.5. The summed E-state index contributed by atoms with van der Waals surface area (Å²) in [7, 11) is 0. The third kappa shape index (κ3) is 2.98. The maximum absolute atomic E-state index is 11.7. The number of carbonyl (C=O) groups is 1. The standard InChI is InChI=1S/C11H22N2O/c1-3-6-13-11(14)10-7-9(12)5-4-8(10)2/h8-10H,3-7,12H2,1-2H3,(H,13,14). The normalized spacial score (nSPS) is 32.6. The van der Waals surface area contributed by atoms with Crippen LogP contribution in [-0.2, 0) is 4.79 Å². The molecule has 1 rings (SSSR count). The molecule has 3 N–H and O–H groups in total. The fourth-order valence-corrected chi connectivity index (χ4v) is 2.10. The predicted molar refractivity (Wildman–Crippen MR) is 57.8 cm³/mol. The zero-order valence-corrected chi connectivity index (χ0v) is 9.25. The molecular weight excluding hydrogens is 176 g/mol. The molecule has 1 saturated carbocycles. The minimum atomic E-state index is 0.144. The second-order valence-electron chi connectivity index (χ2n) is 4.45. The molecular formula is C11H22N2O. The Balaban J connectivity index is 2.43. The SMILES string of the molecule is CCCNC(=O)C1CC(N)CCC1C. The highest BCUT2D eigenvalue weighted by molar-refractivity contribution is 5.79. The molecule has 1 amide bonds. The molecule has 1 aliphatic carbocycles. The number of rotatable bonds is 3. The van der Waals surface area contributed by atoms with Crippen LogP contribution in [0.1, 0.15) is 39.5 Å². The number of nitrogens with one attached hydrogen (secondary N) is 1. The van der Waals surface area contributed by atoms with Gasteiger partial charge in [0.15, 0.2) is 0 Å². The van der Waals surface area contributed by atoms with Gasteiger partial charge in [-0.05, 0) is 31.6 Å². The topological polar surface area (TPSA) is 55.1 Å². The lowest BCUT2D eigenvalue weighted by molar-refractivity contribution is -0.127. The van der Waals surface area contributed by atoms with E-state index < -0.39 is 0 Å². The molecule has 3 atom stereocenters. The van der Waals surface area contributed by atoms with Gasteiger partial charge >= 0.3 is 0 Å². The van der Waals surface area contributed by atoms with Crippen molar-refractivity contribution in [2.45, 2.75) is 45.6 Å². The number of hydrogen-bond acceptors (Lipinski definition) is 2. The van der Waals surface area contributed by atoms with E-state index in [1.807, 2.05) is 0 Å². The van der Waals surface area contributed by atoms with E-state index in [2.05, 4.69) is 19.2 Å². The van der Waals surface area contributed by atoms with Crippen molar-refractivity contribution in [2.75, 3.05) is 6.54 Å². The van der Waals surface area contributed by atoms with Crippen molar-refractivity contribution >= 4 is 5.91 Å². The van der Waals surface area contributed by atoms with Crippen LogP contribution < -0.4 is 11.1 Å². The Morgan fingerprint density at radius 1 is 1.50 bits per heavy atom.